The Morgan fingerprint density at radius 3 is 2.40 bits per heavy atom. The van der Waals surface area contributed by atoms with Gasteiger partial charge >= 0.3 is 0 Å². The van der Waals surface area contributed by atoms with Gasteiger partial charge in [0.1, 0.15) is 0 Å². The molecule has 0 N–H and O–H groups in total. The Morgan fingerprint density at radius 1 is 1.15 bits per heavy atom. The second-order valence-electron chi connectivity index (χ2n) is 8.11. The smallest absolute Gasteiger partial charge is 0.234 e. The lowest BCUT2D eigenvalue weighted by atomic mass is 9.60. The van der Waals surface area contributed by atoms with E-state index in [1.54, 1.807) is 0 Å². The molecular weight excluding hydrogens is 256 g/mol. The highest BCUT2D eigenvalue weighted by Gasteiger charge is 2.97. The molecule has 2 heterocycles. The molecule has 4 nitrogen and oxygen atoms in total. The lowest BCUT2D eigenvalue weighted by Gasteiger charge is -2.43. The summed E-state index contributed by atoms with van der Waals surface area (Å²) in [6, 6.07) is 0. The first-order valence-electron chi connectivity index (χ1n) is 7.95. The van der Waals surface area contributed by atoms with Gasteiger partial charge in [0.15, 0.2) is 0 Å². The van der Waals surface area contributed by atoms with Crippen molar-refractivity contribution in [3.8, 4) is 0 Å². The number of carboxylic acid groups (broad SMARTS) is 1. The molecular formula is C16H23O4-. The standard InChI is InChI=1S/C16H24O4/c1-13(6-4-3-5-7-13)10-14(2)8-11(12(17)18)9-15-16(14,19-15)20-15/h11H,3-10H2,1-2H3,(H,17,18)/p-1. The highest BCUT2D eigenvalue weighted by Crippen LogP contribution is 2.82. The SMILES string of the molecule is CC1(CC2(C)CC(C(=O)[O-])CC34OC23O4)CCCCC1. The summed E-state index contributed by atoms with van der Waals surface area (Å²) in [5.41, 5.74) is 0.126. The van der Waals surface area contributed by atoms with Gasteiger partial charge in [0.25, 0.3) is 0 Å². The summed E-state index contributed by atoms with van der Waals surface area (Å²) in [5, 5.41) is 11.3. The van der Waals surface area contributed by atoms with E-state index in [2.05, 4.69) is 13.8 Å². The van der Waals surface area contributed by atoms with Crippen LogP contribution < -0.4 is 5.11 Å². The molecule has 4 heteroatoms. The summed E-state index contributed by atoms with van der Waals surface area (Å²) in [4.78, 5) is 11.3. The van der Waals surface area contributed by atoms with E-state index in [-0.39, 0.29) is 5.41 Å². The summed E-state index contributed by atoms with van der Waals surface area (Å²) < 4.78 is 11.6. The third-order valence-electron chi connectivity index (χ3n) is 6.25. The van der Waals surface area contributed by atoms with Crippen molar-refractivity contribution < 1.29 is 19.4 Å². The van der Waals surface area contributed by atoms with Crippen molar-refractivity contribution in [2.75, 3.05) is 0 Å². The maximum Gasteiger partial charge on any atom is 0.234 e. The van der Waals surface area contributed by atoms with Crippen molar-refractivity contribution in [2.24, 2.45) is 16.7 Å². The number of carboxylic acids is 1. The predicted octanol–water partition coefficient (Wildman–Crippen LogP) is 1.97. The second-order valence-corrected chi connectivity index (χ2v) is 8.11. The topological polar surface area (TPSA) is 65.2 Å². The number of hydrogen-bond donors (Lipinski definition) is 0. The third-order valence-corrected chi connectivity index (χ3v) is 6.25. The van der Waals surface area contributed by atoms with Gasteiger partial charge in [0.2, 0.25) is 11.6 Å². The first kappa shape index (κ1) is 13.1. The quantitative estimate of drug-likeness (QED) is 0.741. The molecule has 0 aromatic carbocycles. The molecule has 2 unspecified atom stereocenters. The molecule has 112 valence electrons. The van der Waals surface area contributed by atoms with Gasteiger partial charge < -0.3 is 19.4 Å². The van der Waals surface area contributed by atoms with Crippen molar-refractivity contribution >= 4 is 5.97 Å². The molecule has 4 fully saturated rings. The number of aliphatic carboxylic acids is 1. The number of carbonyl (C=O) groups excluding carboxylic acids is 1. The normalized spacial score (nSPS) is 51.8. The molecule has 0 aromatic rings. The summed E-state index contributed by atoms with van der Waals surface area (Å²) in [6.07, 6.45) is 8.49. The molecule has 2 atom stereocenters. The minimum atomic E-state index is -0.945. The average molecular weight is 279 g/mol. The van der Waals surface area contributed by atoms with Gasteiger partial charge in [0.05, 0.1) is 0 Å². The molecule has 0 spiro atoms. The predicted molar refractivity (Wildman–Crippen MR) is 69.3 cm³/mol. The average Bonchev–Trinajstić information content (AvgIpc) is 3.15. The highest BCUT2D eigenvalue weighted by atomic mass is 17.0. The maximum absolute atomic E-state index is 11.3. The number of epoxide rings is 2. The zero-order valence-electron chi connectivity index (χ0n) is 12.4. The third kappa shape index (κ3) is 1.52. The van der Waals surface area contributed by atoms with Crippen LogP contribution in [0.3, 0.4) is 0 Å². The molecule has 0 amide bonds. The van der Waals surface area contributed by atoms with Gasteiger partial charge in [-0.15, -0.1) is 0 Å². The molecule has 0 aromatic heterocycles. The zero-order valence-corrected chi connectivity index (χ0v) is 12.4. The van der Waals surface area contributed by atoms with Crippen molar-refractivity contribution in [1.29, 1.82) is 0 Å². The minimum Gasteiger partial charge on any atom is -0.550 e. The Hall–Kier alpha value is -0.610. The largest absolute Gasteiger partial charge is 0.550 e. The van der Waals surface area contributed by atoms with E-state index in [0.29, 0.717) is 18.3 Å². The Morgan fingerprint density at radius 2 is 1.80 bits per heavy atom. The van der Waals surface area contributed by atoms with E-state index in [1.165, 1.54) is 32.1 Å². The lowest BCUT2D eigenvalue weighted by Crippen LogP contribution is -2.44. The summed E-state index contributed by atoms with van der Waals surface area (Å²) in [5.74, 6) is -2.38. The first-order chi connectivity index (χ1) is 9.34. The van der Waals surface area contributed by atoms with Crippen LogP contribution in [0.2, 0.25) is 0 Å². The van der Waals surface area contributed by atoms with Crippen LogP contribution in [0.1, 0.15) is 65.2 Å². The Bertz CT molecular complexity index is 459. The summed E-state index contributed by atoms with van der Waals surface area (Å²) in [7, 11) is 0. The maximum atomic E-state index is 11.3. The van der Waals surface area contributed by atoms with E-state index < -0.39 is 23.5 Å². The van der Waals surface area contributed by atoms with Gasteiger partial charge in [-0.2, -0.15) is 0 Å². The lowest BCUT2D eigenvalue weighted by molar-refractivity contribution is -0.313. The van der Waals surface area contributed by atoms with Crippen LogP contribution in [-0.2, 0) is 14.3 Å². The Labute approximate surface area is 119 Å². The van der Waals surface area contributed by atoms with Crippen LogP contribution in [-0.4, -0.2) is 17.5 Å². The Kier molecular flexibility index (Phi) is 2.34. The molecule has 0 bridgehead atoms. The van der Waals surface area contributed by atoms with Crippen LogP contribution >= 0.6 is 0 Å². The fourth-order valence-corrected chi connectivity index (χ4v) is 5.30. The molecule has 2 saturated carbocycles. The van der Waals surface area contributed by atoms with E-state index in [0.717, 1.165) is 6.42 Å². The molecule has 4 aliphatic rings. The van der Waals surface area contributed by atoms with Gasteiger partial charge in [-0.1, -0.05) is 33.1 Å². The van der Waals surface area contributed by atoms with Crippen molar-refractivity contribution in [3.05, 3.63) is 0 Å². The van der Waals surface area contributed by atoms with Crippen molar-refractivity contribution in [2.45, 2.75) is 76.8 Å². The van der Waals surface area contributed by atoms with Crippen molar-refractivity contribution in [3.63, 3.8) is 0 Å². The molecule has 4 rings (SSSR count). The molecule has 20 heavy (non-hydrogen) atoms. The number of rotatable bonds is 3. The number of carbonyl (C=O) groups is 1. The zero-order chi connectivity index (χ0) is 14.2. The van der Waals surface area contributed by atoms with E-state index in [1.807, 2.05) is 0 Å². The second kappa shape index (κ2) is 3.58. The minimum absolute atomic E-state index is 0.178. The molecule has 2 aliphatic heterocycles. The summed E-state index contributed by atoms with van der Waals surface area (Å²) in [6.45, 7) is 4.51. The highest BCUT2D eigenvalue weighted by molar-refractivity contribution is 5.69. The fourth-order valence-electron chi connectivity index (χ4n) is 5.30. The Balaban J connectivity index is 1.57. The van der Waals surface area contributed by atoms with Gasteiger partial charge in [0, 0.05) is 23.7 Å². The van der Waals surface area contributed by atoms with E-state index in [4.69, 9.17) is 9.47 Å². The fraction of sp³-hybridized carbons (Fsp3) is 0.938. The summed E-state index contributed by atoms with van der Waals surface area (Å²) >= 11 is 0. The molecule has 2 saturated heterocycles. The van der Waals surface area contributed by atoms with E-state index in [9.17, 15) is 9.90 Å². The first-order valence-corrected chi connectivity index (χ1v) is 7.95. The number of ether oxygens (including phenoxy) is 2. The van der Waals surface area contributed by atoms with Crippen LogP contribution in [0.15, 0.2) is 0 Å². The number of hydrogen-bond acceptors (Lipinski definition) is 4. The van der Waals surface area contributed by atoms with Crippen molar-refractivity contribution in [1.82, 2.24) is 0 Å². The van der Waals surface area contributed by atoms with Crippen LogP contribution in [0.5, 0.6) is 0 Å². The van der Waals surface area contributed by atoms with Gasteiger partial charge in [-0.3, -0.25) is 0 Å². The van der Waals surface area contributed by atoms with Crippen LogP contribution in [0, 0.1) is 16.7 Å². The molecule has 0 radical (unpaired) electrons. The van der Waals surface area contributed by atoms with Gasteiger partial charge in [-0.05, 0) is 31.1 Å². The monoisotopic (exact) mass is 279 g/mol. The van der Waals surface area contributed by atoms with E-state index >= 15 is 0 Å². The van der Waals surface area contributed by atoms with Crippen LogP contribution in [0.4, 0.5) is 0 Å². The van der Waals surface area contributed by atoms with Crippen LogP contribution in [0.25, 0.3) is 0 Å². The molecule has 2 aliphatic carbocycles. The van der Waals surface area contributed by atoms with Gasteiger partial charge in [-0.25, -0.2) is 0 Å².